The largest absolute Gasteiger partial charge is 0.312 e. The number of likely N-dealkylation sites (tertiary alicyclic amines) is 1. The third kappa shape index (κ3) is 2.53. The molecule has 2 aliphatic heterocycles. The Balaban J connectivity index is 1.56. The molecule has 0 amide bonds. The monoisotopic (exact) mass is 236 g/mol. The zero-order valence-corrected chi connectivity index (χ0v) is 11.5. The third-order valence-corrected chi connectivity index (χ3v) is 5.28. The molecule has 0 spiro atoms. The van der Waals surface area contributed by atoms with Crippen molar-refractivity contribution in [1.29, 1.82) is 0 Å². The van der Waals surface area contributed by atoms with Gasteiger partial charge in [-0.25, -0.2) is 0 Å². The van der Waals surface area contributed by atoms with Gasteiger partial charge >= 0.3 is 0 Å². The van der Waals surface area contributed by atoms with E-state index in [0.717, 1.165) is 29.7 Å². The Bertz CT molecular complexity index is 256. The third-order valence-electron chi connectivity index (χ3n) is 5.28. The molecule has 0 aromatic rings. The number of fused-ring (bicyclic) bond motifs is 1. The summed E-state index contributed by atoms with van der Waals surface area (Å²) in [6.45, 7) is 10.1. The summed E-state index contributed by atoms with van der Waals surface area (Å²) < 4.78 is 0. The number of nitrogens with one attached hydrogen (secondary N) is 1. The van der Waals surface area contributed by atoms with Gasteiger partial charge in [0.1, 0.15) is 0 Å². The molecule has 0 radical (unpaired) electrons. The van der Waals surface area contributed by atoms with E-state index in [1.54, 1.807) is 0 Å². The molecule has 5 atom stereocenters. The van der Waals surface area contributed by atoms with Crippen LogP contribution in [0.1, 0.15) is 39.5 Å². The van der Waals surface area contributed by atoms with Crippen molar-refractivity contribution in [3.05, 3.63) is 0 Å². The van der Waals surface area contributed by atoms with Crippen molar-refractivity contribution in [3.8, 4) is 0 Å². The molecule has 1 aliphatic carbocycles. The Morgan fingerprint density at radius 2 is 1.88 bits per heavy atom. The molecule has 3 aliphatic rings. The number of hydrogen-bond donors (Lipinski definition) is 1. The minimum Gasteiger partial charge on any atom is -0.312 e. The van der Waals surface area contributed by atoms with Gasteiger partial charge in [-0.15, -0.1) is 0 Å². The molecule has 2 heteroatoms. The van der Waals surface area contributed by atoms with Crippen molar-refractivity contribution in [2.24, 2.45) is 23.7 Å². The van der Waals surface area contributed by atoms with Crippen LogP contribution in [0.5, 0.6) is 0 Å². The highest BCUT2D eigenvalue weighted by molar-refractivity contribution is 4.96. The number of rotatable bonds is 2. The molecule has 0 aromatic heterocycles. The molecule has 98 valence electrons. The zero-order valence-electron chi connectivity index (χ0n) is 11.5. The molecule has 17 heavy (non-hydrogen) atoms. The minimum atomic E-state index is 0.806. The van der Waals surface area contributed by atoms with E-state index in [0.29, 0.717) is 0 Å². The molecule has 1 saturated carbocycles. The van der Waals surface area contributed by atoms with Crippen LogP contribution in [0.25, 0.3) is 0 Å². The van der Waals surface area contributed by atoms with Gasteiger partial charge in [0.25, 0.3) is 0 Å². The molecule has 2 saturated heterocycles. The highest BCUT2D eigenvalue weighted by Gasteiger charge is 2.39. The van der Waals surface area contributed by atoms with E-state index >= 15 is 0 Å². The molecule has 2 nitrogen and oxygen atoms in total. The fraction of sp³-hybridized carbons (Fsp3) is 1.00. The van der Waals surface area contributed by atoms with Gasteiger partial charge in [-0.1, -0.05) is 20.3 Å². The van der Waals surface area contributed by atoms with Crippen molar-refractivity contribution in [2.75, 3.05) is 26.2 Å². The average molecular weight is 236 g/mol. The van der Waals surface area contributed by atoms with Gasteiger partial charge in [-0.3, -0.25) is 0 Å². The normalized spacial score (nSPS) is 47.3. The van der Waals surface area contributed by atoms with Gasteiger partial charge in [0, 0.05) is 25.7 Å². The van der Waals surface area contributed by atoms with Gasteiger partial charge in [0.05, 0.1) is 0 Å². The molecule has 3 fully saturated rings. The van der Waals surface area contributed by atoms with Crippen LogP contribution < -0.4 is 5.32 Å². The van der Waals surface area contributed by atoms with Gasteiger partial charge in [0.2, 0.25) is 0 Å². The van der Waals surface area contributed by atoms with Gasteiger partial charge in [0.15, 0.2) is 0 Å². The molecule has 0 bridgehead atoms. The zero-order chi connectivity index (χ0) is 11.8. The van der Waals surface area contributed by atoms with Crippen LogP contribution in [-0.4, -0.2) is 37.1 Å². The fourth-order valence-electron chi connectivity index (χ4n) is 4.72. The van der Waals surface area contributed by atoms with Crippen LogP contribution in [0.2, 0.25) is 0 Å². The van der Waals surface area contributed by atoms with E-state index in [9.17, 15) is 0 Å². The molecule has 2 heterocycles. The van der Waals surface area contributed by atoms with E-state index in [1.807, 2.05) is 0 Å². The standard InChI is InChI=1S/C15H28N2/c1-11-6-12(2)9-17(8-11)10-15-14-5-3-4-13(14)7-16-15/h11-16H,3-10H2,1-2H3. The average Bonchev–Trinajstić information content (AvgIpc) is 2.81. The quantitative estimate of drug-likeness (QED) is 0.792. The minimum absolute atomic E-state index is 0.806. The van der Waals surface area contributed by atoms with Crippen LogP contribution >= 0.6 is 0 Å². The highest BCUT2D eigenvalue weighted by Crippen LogP contribution is 2.38. The summed E-state index contributed by atoms with van der Waals surface area (Å²) in [6.07, 6.45) is 5.89. The van der Waals surface area contributed by atoms with Crippen LogP contribution in [0.3, 0.4) is 0 Å². The van der Waals surface area contributed by atoms with Crippen molar-refractivity contribution in [2.45, 2.75) is 45.6 Å². The van der Waals surface area contributed by atoms with E-state index in [4.69, 9.17) is 0 Å². The number of nitrogens with zero attached hydrogens (tertiary/aromatic N) is 1. The maximum Gasteiger partial charge on any atom is 0.0226 e. The van der Waals surface area contributed by atoms with Crippen molar-refractivity contribution >= 4 is 0 Å². The smallest absolute Gasteiger partial charge is 0.0226 e. The summed E-state index contributed by atoms with van der Waals surface area (Å²) in [5.74, 6) is 3.82. The second kappa shape index (κ2) is 4.89. The molecular weight excluding hydrogens is 208 g/mol. The summed E-state index contributed by atoms with van der Waals surface area (Å²) >= 11 is 0. The predicted octanol–water partition coefficient (Wildman–Crippen LogP) is 2.35. The Labute approximate surface area is 106 Å². The van der Waals surface area contributed by atoms with Crippen LogP contribution in [0.15, 0.2) is 0 Å². The van der Waals surface area contributed by atoms with Crippen molar-refractivity contribution in [3.63, 3.8) is 0 Å². The molecule has 1 N–H and O–H groups in total. The second-order valence-corrected chi connectivity index (χ2v) is 7.03. The number of piperidine rings is 1. The van der Waals surface area contributed by atoms with Crippen molar-refractivity contribution in [1.82, 2.24) is 10.2 Å². The molecular formula is C15H28N2. The topological polar surface area (TPSA) is 15.3 Å². The maximum absolute atomic E-state index is 3.79. The summed E-state index contributed by atoms with van der Waals surface area (Å²) in [5.41, 5.74) is 0. The lowest BCUT2D eigenvalue weighted by atomic mass is 9.89. The summed E-state index contributed by atoms with van der Waals surface area (Å²) in [7, 11) is 0. The Hall–Kier alpha value is -0.0800. The Kier molecular flexibility index (Phi) is 3.45. The van der Waals surface area contributed by atoms with Crippen LogP contribution in [0, 0.1) is 23.7 Å². The Morgan fingerprint density at radius 3 is 2.65 bits per heavy atom. The first kappa shape index (κ1) is 12.0. The summed E-state index contributed by atoms with van der Waals surface area (Å²) in [6, 6.07) is 0.806. The van der Waals surface area contributed by atoms with E-state index in [1.165, 1.54) is 51.9 Å². The van der Waals surface area contributed by atoms with E-state index in [-0.39, 0.29) is 0 Å². The van der Waals surface area contributed by atoms with Crippen LogP contribution in [0.4, 0.5) is 0 Å². The second-order valence-electron chi connectivity index (χ2n) is 7.03. The molecule has 5 unspecified atom stereocenters. The first-order valence-electron chi connectivity index (χ1n) is 7.68. The van der Waals surface area contributed by atoms with Gasteiger partial charge in [-0.2, -0.15) is 0 Å². The summed E-state index contributed by atoms with van der Waals surface area (Å²) in [5, 5.41) is 3.79. The first-order valence-corrected chi connectivity index (χ1v) is 7.68. The Morgan fingerprint density at radius 1 is 1.12 bits per heavy atom. The van der Waals surface area contributed by atoms with E-state index < -0.39 is 0 Å². The molecule has 0 aromatic carbocycles. The summed E-state index contributed by atoms with van der Waals surface area (Å²) in [4.78, 5) is 2.73. The fourth-order valence-corrected chi connectivity index (χ4v) is 4.72. The predicted molar refractivity (Wildman–Crippen MR) is 72.0 cm³/mol. The highest BCUT2D eigenvalue weighted by atomic mass is 15.2. The maximum atomic E-state index is 3.79. The first-order chi connectivity index (χ1) is 8.22. The number of hydrogen-bond acceptors (Lipinski definition) is 2. The van der Waals surface area contributed by atoms with Crippen molar-refractivity contribution < 1.29 is 0 Å². The lowest BCUT2D eigenvalue weighted by Gasteiger charge is -2.37. The lowest BCUT2D eigenvalue weighted by Crippen LogP contribution is -2.46. The van der Waals surface area contributed by atoms with Crippen LogP contribution in [-0.2, 0) is 0 Å². The molecule has 3 rings (SSSR count). The van der Waals surface area contributed by atoms with E-state index in [2.05, 4.69) is 24.1 Å². The SMILES string of the molecule is CC1CC(C)CN(CC2NCC3CCCC32)C1. The van der Waals surface area contributed by atoms with Gasteiger partial charge in [-0.05, 0) is 49.5 Å². The lowest BCUT2D eigenvalue weighted by molar-refractivity contribution is 0.123. The van der Waals surface area contributed by atoms with Gasteiger partial charge < -0.3 is 10.2 Å².